The predicted octanol–water partition coefficient (Wildman–Crippen LogP) is 3.51. The van der Waals surface area contributed by atoms with Crippen LogP contribution in [0.25, 0.3) is 10.8 Å². The molecule has 0 aliphatic rings. The first-order chi connectivity index (χ1) is 11.3. The van der Waals surface area contributed by atoms with Gasteiger partial charge in [0.25, 0.3) is 5.91 Å². The van der Waals surface area contributed by atoms with Crippen LogP contribution in [0.4, 0.5) is 11.6 Å². The molecule has 0 bridgehead atoms. The topological polar surface area (TPSA) is 66.9 Å². The van der Waals surface area contributed by atoms with E-state index in [-0.39, 0.29) is 5.91 Å². The van der Waals surface area contributed by atoms with E-state index in [2.05, 4.69) is 20.6 Å². The number of amides is 1. The molecule has 0 unspecified atom stereocenters. The lowest BCUT2D eigenvalue weighted by Gasteiger charge is -2.09. The highest BCUT2D eigenvalue weighted by Gasteiger charge is 2.08. The van der Waals surface area contributed by atoms with E-state index in [4.69, 9.17) is 0 Å². The maximum absolute atomic E-state index is 12.0. The van der Waals surface area contributed by atoms with Crippen molar-refractivity contribution in [2.75, 3.05) is 11.9 Å². The van der Waals surface area contributed by atoms with Crippen molar-refractivity contribution in [2.45, 2.75) is 13.3 Å². The van der Waals surface area contributed by atoms with E-state index in [0.717, 1.165) is 23.0 Å². The SMILES string of the molecule is CCCNC(=O)c1cccc(Nc2nccc3ccccc23)n1. The van der Waals surface area contributed by atoms with Crippen LogP contribution in [-0.4, -0.2) is 22.4 Å². The summed E-state index contributed by atoms with van der Waals surface area (Å²) in [5, 5.41) is 8.13. The number of nitrogens with one attached hydrogen (secondary N) is 2. The highest BCUT2D eigenvalue weighted by Crippen LogP contribution is 2.23. The van der Waals surface area contributed by atoms with E-state index in [0.29, 0.717) is 18.1 Å². The molecular weight excluding hydrogens is 288 g/mol. The molecule has 0 fully saturated rings. The standard InChI is InChI=1S/C18H18N4O/c1-2-11-20-18(23)15-8-5-9-16(21-15)22-17-14-7-4-3-6-13(14)10-12-19-17/h3-10,12H,2,11H2,1H3,(H,20,23)(H,19,21,22). The van der Waals surface area contributed by atoms with Crippen molar-refractivity contribution in [3.8, 4) is 0 Å². The fourth-order valence-corrected chi connectivity index (χ4v) is 2.30. The van der Waals surface area contributed by atoms with Gasteiger partial charge in [-0.2, -0.15) is 0 Å². The fourth-order valence-electron chi connectivity index (χ4n) is 2.30. The maximum Gasteiger partial charge on any atom is 0.269 e. The van der Waals surface area contributed by atoms with Gasteiger partial charge in [-0.25, -0.2) is 9.97 Å². The van der Waals surface area contributed by atoms with Crippen LogP contribution in [0.2, 0.25) is 0 Å². The Kier molecular flexibility index (Phi) is 4.47. The number of fused-ring (bicyclic) bond motifs is 1. The molecule has 0 spiro atoms. The van der Waals surface area contributed by atoms with Gasteiger partial charge >= 0.3 is 0 Å². The molecule has 1 amide bonds. The summed E-state index contributed by atoms with van der Waals surface area (Å²) in [5.74, 6) is 1.15. The molecule has 2 heterocycles. The zero-order valence-electron chi connectivity index (χ0n) is 12.9. The number of pyridine rings is 2. The molecule has 0 aliphatic heterocycles. The summed E-state index contributed by atoms with van der Waals surface area (Å²) in [6, 6.07) is 15.3. The summed E-state index contributed by atoms with van der Waals surface area (Å²) in [4.78, 5) is 20.7. The Balaban J connectivity index is 1.86. The van der Waals surface area contributed by atoms with Crippen molar-refractivity contribution in [1.82, 2.24) is 15.3 Å². The van der Waals surface area contributed by atoms with Gasteiger partial charge in [0.2, 0.25) is 0 Å². The molecule has 0 saturated carbocycles. The Morgan fingerprint density at radius 1 is 1.09 bits per heavy atom. The lowest BCUT2D eigenvalue weighted by atomic mass is 10.1. The molecule has 23 heavy (non-hydrogen) atoms. The van der Waals surface area contributed by atoms with Crippen molar-refractivity contribution in [3.05, 3.63) is 60.4 Å². The lowest BCUT2D eigenvalue weighted by molar-refractivity contribution is 0.0949. The third kappa shape index (κ3) is 3.45. The summed E-state index contributed by atoms with van der Waals surface area (Å²) in [5.41, 5.74) is 0.392. The summed E-state index contributed by atoms with van der Waals surface area (Å²) in [7, 11) is 0. The van der Waals surface area contributed by atoms with Gasteiger partial charge in [0, 0.05) is 18.1 Å². The van der Waals surface area contributed by atoms with Gasteiger partial charge in [0.1, 0.15) is 17.3 Å². The minimum absolute atomic E-state index is 0.165. The second-order valence-electron chi connectivity index (χ2n) is 5.17. The van der Waals surface area contributed by atoms with Crippen molar-refractivity contribution < 1.29 is 4.79 Å². The van der Waals surface area contributed by atoms with Crippen LogP contribution >= 0.6 is 0 Å². The average Bonchev–Trinajstić information content (AvgIpc) is 2.60. The summed E-state index contributed by atoms with van der Waals surface area (Å²) >= 11 is 0. The lowest BCUT2D eigenvalue weighted by Crippen LogP contribution is -2.25. The van der Waals surface area contributed by atoms with Crippen LogP contribution in [0, 0.1) is 0 Å². The first-order valence-electron chi connectivity index (χ1n) is 7.64. The van der Waals surface area contributed by atoms with Crippen LogP contribution in [0.15, 0.2) is 54.7 Å². The summed E-state index contributed by atoms with van der Waals surface area (Å²) < 4.78 is 0. The third-order valence-corrected chi connectivity index (χ3v) is 3.44. The number of hydrogen-bond donors (Lipinski definition) is 2. The van der Waals surface area contributed by atoms with Gasteiger partial charge in [0.05, 0.1) is 0 Å². The molecule has 1 aromatic carbocycles. The molecule has 0 atom stereocenters. The second kappa shape index (κ2) is 6.87. The Bertz CT molecular complexity index is 827. The predicted molar refractivity (Wildman–Crippen MR) is 91.9 cm³/mol. The zero-order chi connectivity index (χ0) is 16.1. The van der Waals surface area contributed by atoms with E-state index in [1.54, 1.807) is 18.3 Å². The van der Waals surface area contributed by atoms with Crippen molar-refractivity contribution >= 4 is 28.3 Å². The quantitative estimate of drug-likeness (QED) is 0.757. The molecule has 0 radical (unpaired) electrons. The smallest absolute Gasteiger partial charge is 0.269 e. The van der Waals surface area contributed by atoms with Crippen LogP contribution in [0.1, 0.15) is 23.8 Å². The Morgan fingerprint density at radius 3 is 2.83 bits per heavy atom. The third-order valence-electron chi connectivity index (χ3n) is 3.44. The van der Waals surface area contributed by atoms with Crippen LogP contribution in [-0.2, 0) is 0 Å². The highest BCUT2D eigenvalue weighted by atomic mass is 16.1. The van der Waals surface area contributed by atoms with Crippen molar-refractivity contribution in [1.29, 1.82) is 0 Å². The van der Waals surface area contributed by atoms with Gasteiger partial charge in [-0.05, 0) is 30.0 Å². The molecule has 2 aromatic heterocycles. The second-order valence-corrected chi connectivity index (χ2v) is 5.17. The Labute approximate surface area is 134 Å². The average molecular weight is 306 g/mol. The van der Waals surface area contributed by atoms with Crippen LogP contribution in [0.3, 0.4) is 0 Å². The number of carbonyl (C=O) groups excluding carboxylic acids is 1. The number of anilines is 2. The Hall–Kier alpha value is -2.95. The number of aromatic nitrogens is 2. The summed E-state index contributed by atoms with van der Waals surface area (Å²) in [6.07, 6.45) is 2.64. The van der Waals surface area contributed by atoms with E-state index >= 15 is 0 Å². The molecule has 2 N–H and O–H groups in total. The van der Waals surface area contributed by atoms with Crippen molar-refractivity contribution in [3.63, 3.8) is 0 Å². The number of rotatable bonds is 5. The largest absolute Gasteiger partial charge is 0.351 e. The minimum atomic E-state index is -0.165. The normalized spacial score (nSPS) is 10.5. The van der Waals surface area contributed by atoms with E-state index in [1.807, 2.05) is 43.3 Å². The monoisotopic (exact) mass is 306 g/mol. The van der Waals surface area contributed by atoms with E-state index in [9.17, 15) is 4.79 Å². The Morgan fingerprint density at radius 2 is 1.96 bits per heavy atom. The van der Waals surface area contributed by atoms with Gasteiger partial charge in [0.15, 0.2) is 0 Å². The first kappa shape index (κ1) is 15.0. The number of nitrogens with zero attached hydrogens (tertiary/aromatic N) is 2. The van der Waals surface area contributed by atoms with Crippen molar-refractivity contribution in [2.24, 2.45) is 0 Å². The van der Waals surface area contributed by atoms with E-state index in [1.165, 1.54) is 0 Å². The molecule has 5 heteroatoms. The zero-order valence-corrected chi connectivity index (χ0v) is 12.9. The van der Waals surface area contributed by atoms with Gasteiger partial charge in [-0.1, -0.05) is 37.3 Å². The molecule has 5 nitrogen and oxygen atoms in total. The molecular formula is C18H18N4O. The minimum Gasteiger partial charge on any atom is -0.351 e. The molecule has 3 rings (SSSR count). The molecule has 116 valence electrons. The van der Waals surface area contributed by atoms with Gasteiger partial charge < -0.3 is 10.6 Å². The summed E-state index contributed by atoms with van der Waals surface area (Å²) in [6.45, 7) is 2.65. The number of benzene rings is 1. The van der Waals surface area contributed by atoms with Gasteiger partial charge in [-0.3, -0.25) is 4.79 Å². The highest BCUT2D eigenvalue weighted by molar-refractivity contribution is 5.94. The number of carbonyl (C=O) groups is 1. The molecule has 0 aliphatic carbocycles. The van der Waals surface area contributed by atoms with E-state index < -0.39 is 0 Å². The van der Waals surface area contributed by atoms with Crippen LogP contribution < -0.4 is 10.6 Å². The molecule has 0 saturated heterocycles. The first-order valence-corrected chi connectivity index (χ1v) is 7.64. The number of hydrogen-bond acceptors (Lipinski definition) is 4. The van der Waals surface area contributed by atoms with Gasteiger partial charge in [-0.15, -0.1) is 0 Å². The van der Waals surface area contributed by atoms with Crippen LogP contribution in [0.5, 0.6) is 0 Å². The fraction of sp³-hybridized carbons (Fsp3) is 0.167. The maximum atomic E-state index is 12.0. The molecule has 3 aromatic rings.